The number of hydrogen-bond donors (Lipinski definition) is 1. The number of piperazine rings is 1. The van der Waals surface area contributed by atoms with Crippen LogP contribution in [-0.2, 0) is 4.79 Å². The van der Waals surface area contributed by atoms with Gasteiger partial charge in [-0.25, -0.2) is 0 Å². The van der Waals surface area contributed by atoms with Gasteiger partial charge >= 0.3 is 0 Å². The molecule has 3 atom stereocenters. The number of benzene rings is 1. The molecule has 0 aliphatic carbocycles. The van der Waals surface area contributed by atoms with E-state index in [0.717, 1.165) is 56.5 Å². The number of aromatic nitrogens is 1. The smallest absolute Gasteiger partial charge is 0.299 e. The summed E-state index contributed by atoms with van der Waals surface area (Å²) < 4.78 is 5.95. The van der Waals surface area contributed by atoms with E-state index in [-0.39, 0.29) is 11.9 Å². The maximum absolute atomic E-state index is 13.0. The highest BCUT2D eigenvalue weighted by molar-refractivity contribution is 5.85. The molecule has 1 aromatic heterocycles. The average Bonchev–Trinajstić information content (AvgIpc) is 3.14. The van der Waals surface area contributed by atoms with Gasteiger partial charge in [0.1, 0.15) is 11.6 Å². The molecule has 29 heavy (non-hydrogen) atoms. The standard InChI is InChI=1S/C22H33N5O2/c1-16-14-25(3)15-17(2)26(16)13-11-23-21(28)19-9-6-7-12-27(19)22-24-18-8-4-5-10-20(18)29-22/h4-5,8,10,16-17,19H,6-7,9,11-15H2,1-3H3,(H,23,28). The molecule has 0 radical (unpaired) electrons. The summed E-state index contributed by atoms with van der Waals surface area (Å²) in [4.78, 5) is 24.5. The third-order valence-electron chi connectivity index (χ3n) is 6.29. The van der Waals surface area contributed by atoms with E-state index in [4.69, 9.17) is 4.42 Å². The van der Waals surface area contributed by atoms with Crippen LogP contribution in [0.2, 0.25) is 0 Å². The minimum absolute atomic E-state index is 0.0846. The summed E-state index contributed by atoms with van der Waals surface area (Å²) in [6.07, 6.45) is 2.95. The van der Waals surface area contributed by atoms with Gasteiger partial charge in [0.05, 0.1) is 0 Å². The van der Waals surface area contributed by atoms with Gasteiger partial charge in [-0.3, -0.25) is 9.69 Å². The number of oxazole rings is 1. The lowest BCUT2D eigenvalue weighted by Crippen LogP contribution is -2.57. The van der Waals surface area contributed by atoms with Crippen LogP contribution in [0.5, 0.6) is 0 Å². The van der Waals surface area contributed by atoms with Crippen molar-refractivity contribution in [3.8, 4) is 0 Å². The van der Waals surface area contributed by atoms with Crippen LogP contribution in [0, 0.1) is 0 Å². The monoisotopic (exact) mass is 399 g/mol. The zero-order chi connectivity index (χ0) is 20.4. The van der Waals surface area contributed by atoms with Crippen LogP contribution in [-0.4, -0.2) is 78.6 Å². The molecule has 158 valence electrons. The summed E-state index contributed by atoms with van der Waals surface area (Å²) in [6, 6.07) is 9.13. The van der Waals surface area contributed by atoms with Crippen molar-refractivity contribution in [1.82, 2.24) is 20.1 Å². The third kappa shape index (κ3) is 4.41. The molecule has 3 heterocycles. The predicted molar refractivity (Wildman–Crippen MR) is 115 cm³/mol. The van der Waals surface area contributed by atoms with Crippen molar-refractivity contribution >= 4 is 23.0 Å². The Hall–Kier alpha value is -2.12. The first-order chi connectivity index (χ1) is 14.0. The zero-order valence-corrected chi connectivity index (χ0v) is 17.8. The Bertz CT molecular complexity index is 792. The van der Waals surface area contributed by atoms with Crippen molar-refractivity contribution in [3.05, 3.63) is 24.3 Å². The number of rotatable bonds is 5. The molecule has 4 rings (SSSR count). The van der Waals surface area contributed by atoms with Crippen molar-refractivity contribution in [2.75, 3.05) is 44.7 Å². The van der Waals surface area contributed by atoms with Gasteiger partial charge in [0.2, 0.25) is 5.91 Å². The van der Waals surface area contributed by atoms with Crippen LogP contribution < -0.4 is 10.2 Å². The second kappa shape index (κ2) is 8.71. The normalized spacial score (nSPS) is 26.7. The maximum atomic E-state index is 13.0. The minimum Gasteiger partial charge on any atom is -0.423 e. The summed E-state index contributed by atoms with van der Waals surface area (Å²) in [7, 11) is 2.18. The number of anilines is 1. The maximum Gasteiger partial charge on any atom is 0.299 e. The Morgan fingerprint density at radius 1 is 1.21 bits per heavy atom. The summed E-state index contributed by atoms with van der Waals surface area (Å²) in [5.41, 5.74) is 1.61. The Morgan fingerprint density at radius 2 is 1.97 bits per heavy atom. The van der Waals surface area contributed by atoms with Gasteiger partial charge in [0, 0.05) is 44.8 Å². The van der Waals surface area contributed by atoms with Gasteiger partial charge in [-0.15, -0.1) is 0 Å². The molecule has 1 amide bonds. The van der Waals surface area contributed by atoms with Crippen LogP contribution in [0.15, 0.2) is 28.7 Å². The first-order valence-corrected chi connectivity index (χ1v) is 10.9. The van der Waals surface area contributed by atoms with Gasteiger partial charge in [-0.2, -0.15) is 4.98 Å². The van der Waals surface area contributed by atoms with Gasteiger partial charge in [-0.05, 0) is 52.3 Å². The van der Waals surface area contributed by atoms with E-state index in [1.807, 2.05) is 29.2 Å². The van der Waals surface area contributed by atoms with E-state index < -0.39 is 0 Å². The van der Waals surface area contributed by atoms with E-state index in [9.17, 15) is 4.79 Å². The highest BCUT2D eigenvalue weighted by atomic mass is 16.4. The molecule has 7 heteroatoms. The Labute approximate surface area is 173 Å². The zero-order valence-electron chi connectivity index (χ0n) is 17.8. The Kier molecular flexibility index (Phi) is 6.06. The lowest BCUT2D eigenvalue weighted by Gasteiger charge is -2.43. The van der Waals surface area contributed by atoms with Crippen LogP contribution >= 0.6 is 0 Å². The highest BCUT2D eigenvalue weighted by Crippen LogP contribution is 2.27. The molecule has 3 unspecified atom stereocenters. The second-order valence-corrected chi connectivity index (χ2v) is 8.62. The van der Waals surface area contributed by atoms with Gasteiger partial charge in [0.25, 0.3) is 6.01 Å². The van der Waals surface area contributed by atoms with Crippen LogP contribution in [0.25, 0.3) is 11.1 Å². The lowest BCUT2D eigenvalue weighted by molar-refractivity contribution is -0.123. The van der Waals surface area contributed by atoms with Crippen molar-refractivity contribution < 1.29 is 9.21 Å². The second-order valence-electron chi connectivity index (χ2n) is 8.62. The number of nitrogens with zero attached hydrogens (tertiary/aromatic N) is 4. The fourth-order valence-electron chi connectivity index (χ4n) is 4.90. The lowest BCUT2D eigenvalue weighted by atomic mass is 10.0. The number of carbonyl (C=O) groups excluding carboxylic acids is 1. The molecule has 2 fully saturated rings. The topological polar surface area (TPSA) is 64.8 Å². The van der Waals surface area contributed by atoms with Crippen LogP contribution in [0.1, 0.15) is 33.1 Å². The molecule has 0 spiro atoms. The number of hydrogen-bond acceptors (Lipinski definition) is 6. The predicted octanol–water partition coefficient (Wildman–Crippen LogP) is 2.33. The number of likely N-dealkylation sites (N-methyl/N-ethyl adjacent to an activating group) is 1. The fraction of sp³-hybridized carbons (Fsp3) is 0.636. The van der Waals surface area contributed by atoms with Gasteiger partial charge < -0.3 is 19.5 Å². The van der Waals surface area contributed by atoms with E-state index in [2.05, 4.69) is 41.0 Å². The summed E-state index contributed by atoms with van der Waals surface area (Å²) >= 11 is 0. The van der Waals surface area contributed by atoms with Crippen molar-refractivity contribution in [2.45, 2.75) is 51.2 Å². The minimum atomic E-state index is -0.209. The van der Waals surface area contributed by atoms with E-state index in [1.54, 1.807) is 0 Å². The Morgan fingerprint density at radius 3 is 2.72 bits per heavy atom. The molecular weight excluding hydrogens is 366 g/mol. The number of fused-ring (bicyclic) bond motifs is 1. The van der Waals surface area contributed by atoms with Gasteiger partial charge in [0.15, 0.2) is 5.58 Å². The van der Waals surface area contributed by atoms with Crippen molar-refractivity contribution in [1.29, 1.82) is 0 Å². The Balaban J connectivity index is 1.37. The number of nitrogens with one attached hydrogen (secondary N) is 1. The highest BCUT2D eigenvalue weighted by Gasteiger charge is 2.32. The molecule has 2 aliphatic heterocycles. The molecule has 7 nitrogen and oxygen atoms in total. The first kappa shape index (κ1) is 20.2. The molecule has 2 aliphatic rings. The molecule has 1 aromatic carbocycles. The summed E-state index contributed by atoms with van der Waals surface area (Å²) in [5, 5.41) is 3.18. The molecule has 2 aromatic rings. The first-order valence-electron chi connectivity index (χ1n) is 10.9. The van der Waals surface area contributed by atoms with E-state index >= 15 is 0 Å². The summed E-state index contributed by atoms with van der Waals surface area (Å²) in [6.45, 7) is 9.05. The molecule has 0 saturated carbocycles. The van der Waals surface area contributed by atoms with Gasteiger partial charge in [-0.1, -0.05) is 12.1 Å². The summed E-state index contributed by atoms with van der Waals surface area (Å²) in [5.74, 6) is 0.0846. The fourth-order valence-corrected chi connectivity index (χ4v) is 4.90. The van der Waals surface area contributed by atoms with E-state index in [0.29, 0.717) is 24.6 Å². The van der Waals surface area contributed by atoms with E-state index in [1.165, 1.54) is 0 Å². The molecule has 2 saturated heterocycles. The number of para-hydroxylation sites is 2. The van der Waals surface area contributed by atoms with Crippen LogP contribution in [0.3, 0.4) is 0 Å². The largest absolute Gasteiger partial charge is 0.423 e. The SMILES string of the molecule is CC1CN(C)CC(C)N1CCNC(=O)C1CCCCN1c1nc2ccccc2o1. The van der Waals surface area contributed by atoms with Crippen LogP contribution in [0.4, 0.5) is 6.01 Å². The van der Waals surface area contributed by atoms with Crippen molar-refractivity contribution in [3.63, 3.8) is 0 Å². The number of piperidine rings is 1. The quantitative estimate of drug-likeness (QED) is 0.833. The third-order valence-corrected chi connectivity index (χ3v) is 6.29. The average molecular weight is 400 g/mol. The number of amides is 1. The molecular formula is C22H33N5O2. The number of carbonyl (C=O) groups is 1. The molecule has 1 N–H and O–H groups in total. The molecule has 0 bridgehead atoms. The van der Waals surface area contributed by atoms with Crippen molar-refractivity contribution in [2.24, 2.45) is 0 Å².